The maximum absolute atomic E-state index is 12.1. The molecule has 1 aliphatic rings. The first-order valence-corrected chi connectivity index (χ1v) is 7.15. The molecular formula is C12H14N2O3S. The zero-order chi connectivity index (χ0) is 13.2. The van der Waals surface area contributed by atoms with Crippen molar-refractivity contribution in [2.75, 3.05) is 6.61 Å². The van der Waals surface area contributed by atoms with Gasteiger partial charge in [0.2, 0.25) is 10.0 Å². The highest BCUT2D eigenvalue weighted by Crippen LogP contribution is 2.32. The number of rotatable bonds is 4. The Morgan fingerprint density at radius 1 is 1.44 bits per heavy atom. The van der Waals surface area contributed by atoms with Gasteiger partial charge >= 0.3 is 0 Å². The number of benzene rings is 1. The number of hydrogen-bond acceptors (Lipinski definition) is 4. The molecule has 1 fully saturated rings. The SMILES string of the molecule is N#Cc1cccc(S(=O)(=O)NC2(CO)CCC2)c1. The number of nitrogens with one attached hydrogen (secondary N) is 1. The van der Waals surface area contributed by atoms with E-state index in [0.29, 0.717) is 18.4 Å². The van der Waals surface area contributed by atoms with Crippen molar-refractivity contribution < 1.29 is 13.5 Å². The Morgan fingerprint density at radius 2 is 2.17 bits per heavy atom. The van der Waals surface area contributed by atoms with Crippen LogP contribution in [0.3, 0.4) is 0 Å². The fourth-order valence-electron chi connectivity index (χ4n) is 1.97. The summed E-state index contributed by atoms with van der Waals surface area (Å²) in [7, 11) is -3.68. The molecule has 6 heteroatoms. The van der Waals surface area contributed by atoms with Crippen LogP contribution < -0.4 is 4.72 Å². The maximum atomic E-state index is 12.1. The van der Waals surface area contributed by atoms with Crippen molar-refractivity contribution in [1.82, 2.24) is 4.72 Å². The van der Waals surface area contributed by atoms with Crippen molar-refractivity contribution in [2.24, 2.45) is 0 Å². The van der Waals surface area contributed by atoms with E-state index in [1.165, 1.54) is 18.2 Å². The predicted molar refractivity (Wildman–Crippen MR) is 65.1 cm³/mol. The van der Waals surface area contributed by atoms with E-state index >= 15 is 0 Å². The minimum atomic E-state index is -3.68. The number of sulfonamides is 1. The van der Waals surface area contributed by atoms with Gasteiger partial charge < -0.3 is 5.11 Å². The molecule has 0 aliphatic heterocycles. The molecule has 2 N–H and O–H groups in total. The smallest absolute Gasteiger partial charge is 0.241 e. The Kier molecular flexibility index (Phi) is 3.39. The molecule has 1 saturated carbocycles. The lowest BCUT2D eigenvalue weighted by molar-refractivity contribution is 0.110. The van der Waals surface area contributed by atoms with E-state index in [-0.39, 0.29) is 11.5 Å². The van der Waals surface area contributed by atoms with Crippen LogP contribution >= 0.6 is 0 Å². The quantitative estimate of drug-likeness (QED) is 0.841. The topological polar surface area (TPSA) is 90.2 Å². The molecule has 0 unspecified atom stereocenters. The second-order valence-electron chi connectivity index (χ2n) is 4.54. The van der Waals surface area contributed by atoms with Crippen molar-refractivity contribution in [3.63, 3.8) is 0 Å². The van der Waals surface area contributed by atoms with Gasteiger partial charge in [0, 0.05) is 0 Å². The van der Waals surface area contributed by atoms with Crippen LogP contribution in [0.1, 0.15) is 24.8 Å². The normalized spacial score (nSPS) is 17.8. The molecular weight excluding hydrogens is 252 g/mol. The Morgan fingerprint density at radius 3 is 2.67 bits per heavy atom. The van der Waals surface area contributed by atoms with Crippen molar-refractivity contribution in [3.05, 3.63) is 29.8 Å². The van der Waals surface area contributed by atoms with Gasteiger partial charge in [-0.1, -0.05) is 6.07 Å². The van der Waals surface area contributed by atoms with Gasteiger partial charge in [0.05, 0.1) is 28.7 Å². The second kappa shape index (κ2) is 4.69. The van der Waals surface area contributed by atoms with Crippen LogP contribution in [0.5, 0.6) is 0 Å². The van der Waals surface area contributed by atoms with Gasteiger partial charge in [-0.15, -0.1) is 0 Å². The fourth-order valence-corrected chi connectivity index (χ4v) is 3.47. The number of aliphatic hydroxyl groups excluding tert-OH is 1. The molecule has 2 rings (SSSR count). The summed E-state index contributed by atoms with van der Waals surface area (Å²) in [5, 5.41) is 18.0. The first-order valence-electron chi connectivity index (χ1n) is 5.66. The molecule has 0 aromatic heterocycles. The Balaban J connectivity index is 2.28. The predicted octanol–water partition coefficient (Wildman–Crippen LogP) is 0.752. The molecule has 0 spiro atoms. The lowest BCUT2D eigenvalue weighted by atomic mass is 9.78. The highest BCUT2D eigenvalue weighted by atomic mass is 32.2. The number of nitrogens with zero attached hydrogens (tertiary/aromatic N) is 1. The zero-order valence-corrected chi connectivity index (χ0v) is 10.6. The van der Waals surface area contributed by atoms with E-state index in [1.54, 1.807) is 6.07 Å². The third kappa shape index (κ3) is 2.38. The molecule has 5 nitrogen and oxygen atoms in total. The summed E-state index contributed by atoms with van der Waals surface area (Å²) in [5.74, 6) is 0. The van der Waals surface area contributed by atoms with Crippen LogP contribution in [0.4, 0.5) is 0 Å². The van der Waals surface area contributed by atoms with Crippen LogP contribution in [-0.4, -0.2) is 25.7 Å². The summed E-state index contributed by atoms with van der Waals surface area (Å²) in [5.41, 5.74) is -0.425. The van der Waals surface area contributed by atoms with Gasteiger partial charge in [0.1, 0.15) is 0 Å². The van der Waals surface area contributed by atoms with Gasteiger partial charge in [-0.3, -0.25) is 0 Å². The third-order valence-electron chi connectivity index (χ3n) is 3.24. The number of hydrogen-bond donors (Lipinski definition) is 2. The summed E-state index contributed by atoms with van der Waals surface area (Å²) in [6.45, 7) is -0.204. The average molecular weight is 266 g/mol. The molecule has 0 heterocycles. The average Bonchev–Trinajstić information content (AvgIpc) is 2.34. The lowest BCUT2D eigenvalue weighted by Crippen LogP contribution is -2.55. The minimum absolute atomic E-state index is 0.0567. The van der Waals surface area contributed by atoms with Crippen LogP contribution in [0.15, 0.2) is 29.2 Å². The monoisotopic (exact) mass is 266 g/mol. The molecule has 0 bridgehead atoms. The molecule has 0 atom stereocenters. The van der Waals surface area contributed by atoms with Crippen molar-refractivity contribution in [3.8, 4) is 6.07 Å². The fraction of sp³-hybridized carbons (Fsp3) is 0.417. The van der Waals surface area contributed by atoms with Gasteiger partial charge in [0.25, 0.3) is 0 Å². The summed E-state index contributed by atoms with van der Waals surface area (Å²) >= 11 is 0. The van der Waals surface area contributed by atoms with Crippen LogP contribution in [-0.2, 0) is 10.0 Å². The summed E-state index contributed by atoms with van der Waals surface area (Å²) < 4.78 is 26.8. The number of nitriles is 1. The number of aliphatic hydroxyl groups is 1. The molecule has 18 heavy (non-hydrogen) atoms. The van der Waals surface area contributed by atoms with Crippen molar-refractivity contribution in [1.29, 1.82) is 5.26 Å². The summed E-state index contributed by atoms with van der Waals surface area (Å²) in [4.78, 5) is 0.0567. The van der Waals surface area contributed by atoms with Gasteiger partial charge in [-0.05, 0) is 37.5 Å². The van der Waals surface area contributed by atoms with Crippen LogP contribution in [0.2, 0.25) is 0 Å². The largest absolute Gasteiger partial charge is 0.394 e. The Hall–Kier alpha value is -1.42. The summed E-state index contributed by atoms with van der Waals surface area (Å²) in [6.07, 6.45) is 2.18. The molecule has 1 aromatic rings. The van der Waals surface area contributed by atoms with E-state index < -0.39 is 15.6 Å². The third-order valence-corrected chi connectivity index (χ3v) is 4.81. The molecule has 0 radical (unpaired) electrons. The maximum Gasteiger partial charge on any atom is 0.241 e. The van der Waals surface area contributed by atoms with E-state index in [1.807, 2.05) is 6.07 Å². The van der Waals surface area contributed by atoms with Gasteiger partial charge in [-0.2, -0.15) is 5.26 Å². The second-order valence-corrected chi connectivity index (χ2v) is 6.22. The van der Waals surface area contributed by atoms with E-state index in [9.17, 15) is 13.5 Å². The van der Waals surface area contributed by atoms with E-state index in [2.05, 4.69) is 4.72 Å². The zero-order valence-electron chi connectivity index (χ0n) is 9.76. The molecule has 1 aromatic carbocycles. The first kappa shape index (κ1) is 13.0. The standard InChI is InChI=1S/C12H14N2O3S/c13-8-10-3-1-4-11(7-10)18(16,17)14-12(9-15)5-2-6-12/h1,3-4,7,14-15H,2,5-6,9H2. The van der Waals surface area contributed by atoms with Crippen molar-refractivity contribution in [2.45, 2.75) is 29.7 Å². The minimum Gasteiger partial charge on any atom is -0.394 e. The Labute approximate surface area is 106 Å². The highest BCUT2D eigenvalue weighted by molar-refractivity contribution is 7.89. The first-order chi connectivity index (χ1) is 8.51. The molecule has 0 saturated heterocycles. The van der Waals surface area contributed by atoms with Crippen LogP contribution in [0, 0.1) is 11.3 Å². The summed E-state index contributed by atoms with van der Waals surface area (Å²) in [6, 6.07) is 7.74. The highest BCUT2D eigenvalue weighted by Gasteiger charge is 2.40. The molecule has 96 valence electrons. The van der Waals surface area contributed by atoms with E-state index in [0.717, 1.165) is 6.42 Å². The van der Waals surface area contributed by atoms with Gasteiger partial charge in [0.15, 0.2) is 0 Å². The van der Waals surface area contributed by atoms with Crippen molar-refractivity contribution >= 4 is 10.0 Å². The van der Waals surface area contributed by atoms with Crippen LogP contribution in [0.25, 0.3) is 0 Å². The molecule has 1 aliphatic carbocycles. The van der Waals surface area contributed by atoms with Gasteiger partial charge in [-0.25, -0.2) is 13.1 Å². The molecule has 0 amide bonds. The Bertz CT molecular complexity index is 580. The van der Waals surface area contributed by atoms with E-state index in [4.69, 9.17) is 5.26 Å². The lowest BCUT2D eigenvalue weighted by Gasteiger charge is -2.40.